The summed E-state index contributed by atoms with van der Waals surface area (Å²) in [6.45, 7) is 3.63. The van der Waals surface area contributed by atoms with Crippen LogP contribution in [-0.4, -0.2) is 21.0 Å². The van der Waals surface area contributed by atoms with Crippen molar-refractivity contribution < 1.29 is 5.11 Å². The van der Waals surface area contributed by atoms with E-state index in [-0.39, 0.29) is 19.0 Å². The van der Waals surface area contributed by atoms with Crippen LogP contribution in [0.1, 0.15) is 22.5 Å². The zero-order chi connectivity index (χ0) is 16.0. The van der Waals surface area contributed by atoms with Gasteiger partial charge in [0.2, 0.25) is 0 Å². The van der Waals surface area contributed by atoms with Crippen molar-refractivity contribution in [1.82, 2.24) is 9.38 Å². The van der Waals surface area contributed by atoms with E-state index >= 15 is 0 Å². The van der Waals surface area contributed by atoms with Crippen LogP contribution < -0.4 is 4.90 Å². The number of nitrogens with zero attached hydrogens (tertiary/aromatic N) is 3. The third-order valence-corrected chi connectivity index (χ3v) is 4.92. The van der Waals surface area contributed by atoms with Crippen molar-refractivity contribution in [3.63, 3.8) is 0 Å². The molecule has 0 fully saturated rings. The number of imidazole rings is 1. The van der Waals surface area contributed by atoms with E-state index in [0.29, 0.717) is 5.02 Å². The number of benzene rings is 1. The first-order chi connectivity index (χ1) is 11.2. The minimum Gasteiger partial charge on any atom is -0.390 e. The van der Waals surface area contributed by atoms with Gasteiger partial charge in [0, 0.05) is 19.3 Å². The van der Waals surface area contributed by atoms with E-state index in [0.717, 1.165) is 42.2 Å². The fourth-order valence-corrected chi connectivity index (χ4v) is 3.66. The Morgan fingerprint density at radius 1 is 1.21 bits per heavy atom. The Labute approximate surface area is 152 Å². The highest BCUT2D eigenvalue weighted by Gasteiger charge is 2.22. The van der Waals surface area contributed by atoms with Gasteiger partial charge in [-0.3, -0.25) is 4.40 Å². The summed E-state index contributed by atoms with van der Waals surface area (Å²) in [7, 11) is 0. The molecule has 0 saturated carbocycles. The topological polar surface area (TPSA) is 40.8 Å². The molecule has 126 valence electrons. The van der Waals surface area contributed by atoms with E-state index in [1.54, 1.807) is 0 Å². The molecule has 4 nitrogen and oxygen atoms in total. The summed E-state index contributed by atoms with van der Waals surface area (Å²) >= 11 is 6.51. The molecule has 0 atom stereocenters. The minimum atomic E-state index is -0.0308. The third kappa shape index (κ3) is 2.65. The standard InChI is InChI=1S/C18H18ClN3O.ClH/c1-12-16(11-23)22-9-7-15(19)17(18(22)20-12)21-8-6-13-4-2-3-5-14(13)10-21;/h2-5,7,9,23H,6,8,10-11H2,1H3;1H. The Morgan fingerprint density at radius 3 is 2.71 bits per heavy atom. The highest BCUT2D eigenvalue weighted by atomic mass is 35.5. The van der Waals surface area contributed by atoms with E-state index in [1.807, 2.05) is 23.6 Å². The second-order valence-corrected chi connectivity index (χ2v) is 6.36. The molecule has 0 aliphatic carbocycles. The summed E-state index contributed by atoms with van der Waals surface area (Å²) in [5.74, 6) is 0. The number of hydrogen-bond donors (Lipinski definition) is 1. The molecule has 1 aliphatic heterocycles. The van der Waals surface area contributed by atoms with Gasteiger partial charge in [0.25, 0.3) is 0 Å². The maximum atomic E-state index is 9.60. The largest absolute Gasteiger partial charge is 0.390 e. The molecule has 0 radical (unpaired) electrons. The molecule has 3 heterocycles. The van der Waals surface area contributed by atoms with E-state index in [4.69, 9.17) is 11.6 Å². The highest BCUT2D eigenvalue weighted by molar-refractivity contribution is 6.34. The van der Waals surface area contributed by atoms with E-state index in [2.05, 4.69) is 34.1 Å². The van der Waals surface area contributed by atoms with Crippen molar-refractivity contribution in [1.29, 1.82) is 0 Å². The molecule has 0 amide bonds. The van der Waals surface area contributed by atoms with Gasteiger partial charge < -0.3 is 10.0 Å². The minimum absolute atomic E-state index is 0. The molecule has 2 aromatic heterocycles. The Morgan fingerprint density at radius 2 is 1.96 bits per heavy atom. The van der Waals surface area contributed by atoms with E-state index < -0.39 is 0 Å². The molecule has 1 aliphatic rings. The van der Waals surface area contributed by atoms with Crippen molar-refractivity contribution in [3.8, 4) is 0 Å². The first-order valence-corrected chi connectivity index (χ1v) is 8.15. The Bertz CT molecular complexity index is 891. The fourth-order valence-electron chi connectivity index (χ4n) is 3.40. The normalized spacial score (nSPS) is 13.7. The lowest BCUT2D eigenvalue weighted by Gasteiger charge is -2.31. The lowest BCUT2D eigenvalue weighted by Crippen LogP contribution is -2.31. The average Bonchev–Trinajstić information content (AvgIpc) is 2.89. The second kappa shape index (κ2) is 6.63. The number of pyridine rings is 1. The van der Waals surface area contributed by atoms with Crippen molar-refractivity contribution >= 4 is 35.3 Å². The first-order valence-electron chi connectivity index (χ1n) is 7.77. The molecule has 1 N–H and O–H groups in total. The Kier molecular flexibility index (Phi) is 4.72. The Balaban J connectivity index is 0.00000169. The summed E-state index contributed by atoms with van der Waals surface area (Å²) in [6.07, 6.45) is 2.88. The van der Waals surface area contributed by atoms with Gasteiger partial charge in [-0.1, -0.05) is 35.9 Å². The van der Waals surface area contributed by atoms with Crippen LogP contribution >= 0.6 is 24.0 Å². The maximum Gasteiger partial charge on any atom is 0.162 e. The van der Waals surface area contributed by atoms with E-state index in [1.165, 1.54) is 11.1 Å². The Hall–Kier alpha value is -1.75. The molecule has 3 aromatic rings. The number of hydrogen-bond acceptors (Lipinski definition) is 3. The van der Waals surface area contributed by atoms with Crippen molar-refractivity contribution in [2.75, 3.05) is 11.4 Å². The summed E-state index contributed by atoms with van der Waals surface area (Å²) in [6, 6.07) is 10.4. The monoisotopic (exact) mass is 363 g/mol. The zero-order valence-corrected chi connectivity index (χ0v) is 14.9. The van der Waals surface area contributed by atoms with Crippen LogP contribution in [0, 0.1) is 6.92 Å². The summed E-state index contributed by atoms with van der Waals surface area (Å²) in [5.41, 5.74) is 6.17. The summed E-state index contributed by atoms with van der Waals surface area (Å²) < 4.78 is 1.94. The van der Waals surface area contributed by atoms with Crippen molar-refractivity contribution in [3.05, 3.63) is 64.1 Å². The molecule has 0 saturated heterocycles. The molecule has 4 rings (SSSR count). The van der Waals surface area contributed by atoms with Gasteiger partial charge >= 0.3 is 0 Å². The second-order valence-electron chi connectivity index (χ2n) is 5.95. The van der Waals surface area contributed by atoms with Gasteiger partial charge in [0.05, 0.1) is 28.7 Å². The zero-order valence-electron chi connectivity index (χ0n) is 13.4. The molecule has 24 heavy (non-hydrogen) atoms. The number of halogens is 2. The number of anilines is 1. The van der Waals surface area contributed by atoms with Gasteiger partial charge in [-0.15, -0.1) is 12.4 Å². The molecule has 0 spiro atoms. The van der Waals surface area contributed by atoms with Crippen molar-refractivity contribution in [2.45, 2.75) is 26.5 Å². The fraction of sp³-hybridized carbons (Fsp3) is 0.278. The van der Waals surface area contributed by atoms with Crippen LogP contribution in [0.2, 0.25) is 5.02 Å². The number of aromatic nitrogens is 2. The van der Waals surface area contributed by atoms with Gasteiger partial charge in [0.15, 0.2) is 5.65 Å². The quantitative estimate of drug-likeness (QED) is 0.753. The smallest absolute Gasteiger partial charge is 0.162 e. The maximum absolute atomic E-state index is 9.60. The summed E-state index contributed by atoms with van der Waals surface area (Å²) in [4.78, 5) is 6.94. The number of fused-ring (bicyclic) bond motifs is 2. The van der Waals surface area contributed by atoms with Crippen LogP contribution in [0.5, 0.6) is 0 Å². The predicted octanol–water partition coefficient (Wildman–Crippen LogP) is 3.77. The van der Waals surface area contributed by atoms with Crippen molar-refractivity contribution in [2.24, 2.45) is 0 Å². The SMILES string of the molecule is Cc1nc2c(N3CCc4ccccc4C3)c(Cl)ccn2c1CO.Cl. The first kappa shape index (κ1) is 17.1. The van der Waals surface area contributed by atoms with E-state index in [9.17, 15) is 5.11 Å². The number of aryl methyl sites for hydroxylation is 1. The van der Waals surface area contributed by atoms with Gasteiger partial charge in [-0.25, -0.2) is 4.98 Å². The van der Waals surface area contributed by atoms with Crippen LogP contribution in [-0.2, 0) is 19.6 Å². The molecular weight excluding hydrogens is 345 g/mol. The van der Waals surface area contributed by atoms with Crippen LogP contribution in [0.4, 0.5) is 5.69 Å². The third-order valence-electron chi connectivity index (χ3n) is 4.61. The van der Waals surface area contributed by atoms with Gasteiger partial charge in [-0.05, 0) is 30.5 Å². The molecular formula is C18H19Cl2N3O. The molecule has 6 heteroatoms. The lowest BCUT2D eigenvalue weighted by atomic mass is 9.99. The van der Waals surface area contributed by atoms with Gasteiger partial charge in [-0.2, -0.15) is 0 Å². The number of aliphatic hydroxyl groups is 1. The lowest BCUT2D eigenvalue weighted by molar-refractivity contribution is 0.275. The molecule has 0 unspecified atom stereocenters. The highest BCUT2D eigenvalue weighted by Crippen LogP contribution is 2.34. The molecule has 1 aromatic carbocycles. The molecule has 0 bridgehead atoms. The van der Waals surface area contributed by atoms with Gasteiger partial charge in [0.1, 0.15) is 0 Å². The van der Waals surface area contributed by atoms with Crippen LogP contribution in [0.15, 0.2) is 36.5 Å². The predicted molar refractivity (Wildman–Crippen MR) is 99.3 cm³/mol. The number of rotatable bonds is 2. The average molecular weight is 364 g/mol. The van der Waals surface area contributed by atoms with Crippen LogP contribution in [0.25, 0.3) is 5.65 Å². The summed E-state index contributed by atoms with van der Waals surface area (Å²) in [5, 5.41) is 10.3. The number of aliphatic hydroxyl groups excluding tert-OH is 1. The van der Waals surface area contributed by atoms with Crippen LogP contribution in [0.3, 0.4) is 0 Å².